The fourth-order valence-electron chi connectivity index (χ4n) is 4.17. The third kappa shape index (κ3) is 3.18. The van der Waals surface area contributed by atoms with Gasteiger partial charge in [-0.15, -0.1) is 0 Å². The number of hydrogen-bond donors (Lipinski definition) is 1. The Morgan fingerprint density at radius 3 is 1.60 bits per heavy atom. The molecule has 156 valence electrons. The number of carbonyl (C=O) groups is 2. The van der Waals surface area contributed by atoms with Gasteiger partial charge in [0.25, 0.3) is 5.97 Å². The van der Waals surface area contributed by atoms with Crippen LogP contribution in [0.15, 0.2) is 60.7 Å². The predicted octanol–water partition coefficient (Wildman–Crippen LogP) is 1.67. The summed E-state index contributed by atoms with van der Waals surface area (Å²) in [5.41, 5.74) is 0.696. The second-order valence-electron chi connectivity index (χ2n) is 7.57. The van der Waals surface area contributed by atoms with Gasteiger partial charge in [-0.25, -0.2) is 9.59 Å². The van der Waals surface area contributed by atoms with Gasteiger partial charge in [-0.05, 0) is 24.3 Å². The first kappa shape index (κ1) is 19.2. The summed E-state index contributed by atoms with van der Waals surface area (Å²) in [6, 6.07) is 16.9. The van der Waals surface area contributed by atoms with E-state index in [0.717, 1.165) is 0 Å². The maximum Gasteiger partial charge on any atom is 0.338 e. The van der Waals surface area contributed by atoms with Crippen molar-refractivity contribution in [2.75, 3.05) is 0 Å². The molecule has 0 spiro atoms. The lowest BCUT2D eigenvalue weighted by molar-refractivity contribution is -0.529. The molecule has 4 fully saturated rings. The van der Waals surface area contributed by atoms with Gasteiger partial charge in [0.2, 0.25) is 0 Å². The normalized spacial score (nSPS) is 36.3. The first-order valence-corrected chi connectivity index (χ1v) is 9.69. The van der Waals surface area contributed by atoms with Crippen LogP contribution >= 0.6 is 0 Å². The van der Waals surface area contributed by atoms with Crippen molar-refractivity contribution >= 4 is 11.9 Å². The lowest BCUT2D eigenvalue weighted by atomic mass is 9.81. The maximum atomic E-state index is 12.6. The molecule has 1 N–H and O–H groups in total. The van der Waals surface area contributed by atoms with Crippen LogP contribution in [0.1, 0.15) is 27.6 Å². The van der Waals surface area contributed by atoms with E-state index in [4.69, 9.17) is 23.7 Å². The van der Waals surface area contributed by atoms with Crippen LogP contribution < -0.4 is 0 Å². The van der Waals surface area contributed by atoms with Crippen molar-refractivity contribution in [2.24, 2.45) is 0 Å². The Balaban J connectivity index is 1.41. The van der Waals surface area contributed by atoms with E-state index in [2.05, 4.69) is 0 Å². The maximum absolute atomic E-state index is 12.6. The van der Waals surface area contributed by atoms with Gasteiger partial charge in [-0.3, -0.25) is 0 Å². The van der Waals surface area contributed by atoms with E-state index in [-0.39, 0.29) is 0 Å². The molecular weight excluding hydrogens is 392 g/mol. The highest BCUT2D eigenvalue weighted by atomic mass is 16.9. The quantitative estimate of drug-likeness (QED) is 0.757. The zero-order chi connectivity index (χ0) is 20.9. The number of aliphatic hydroxyl groups excluding tert-OH is 1. The van der Waals surface area contributed by atoms with Crippen LogP contribution in [0, 0.1) is 0 Å². The van der Waals surface area contributed by atoms with Crippen molar-refractivity contribution < 1.29 is 38.4 Å². The zero-order valence-corrected chi connectivity index (χ0v) is 16.0. The van der Waals surface area contributed by atoms with E-state index in [1.807, 2.05) is 0 Å². The minimum atomic E-state index is -1.41. The van der Waals surface area contributed by atoms with Crippen LogP contribution in [0.4, 0.5) is 0 Å². The molecular formula is C22H20O8. The minimum Gasteiger partial charge on any atom is -0.453 e. The lowest BCUT2D eigenvalue weighted by Gasteiger charge is -2.60. The highest BCUT2D eigenvalue weighted by molar-refractivity contribution is 5.90. The van der Waals surface area contributed by atoms with E-state index in [1.54, 1.807) is 67.6 Å². The molecule has 3 unspecified atom stereocenters. The van der Waals surface area contributed by atoms with Gasteiger partial charge in [0.15, 0.2) is 12.2 Å². The molecule has 0 radical (unpaired) electrons. The summed E-state index contributed by atoms with van der Waals surface area (Å²) in [6.07, 6.45) is -5.71. The van der Waals surface area contributed by atoms with Gasteiger partial charge in [0, 0.05) is 6.92 Å². The summed E-state index contributed by atoms with van der Waals surface area (Å²) in [5, 5.41) is 10.8. The number of rotatable bonds is 4. The van der Waals surface area contributed by atoms with Gasteiger partial charge in [0.1, 0.15) is 24.4 Å². The Labute approximate surface area is 172 Å². The van der Waals surface area contributed by atoms with Crippen molar-refractivity contribution in [2.45, 2.75) is 49.5 Å². The van der Waals surface area contributed by atoms with Crippen LogP contribution in [0.2, 0.25) is 0 Å². The minimum absolute atomic E-state index is 0.348. The Morgan fingerprint density at radius 2 is 1.17 bits per heavy atom. The molecule has 1 saturated carbocycles. The summed E-state index contributed by atoms with van der Waals surface area (Å²) in [5.74, 6) is -2.59. The van der Waals surface area contributed by atoms with Crippen molar-refractivity contribution in [3.8, 4) is 0 Å². The van der Waals surface area contributed by atoms with Gasteiger partial charge in [-0.1, -0.05) is 36.4 Å². The molecule has 8 heteroatoms. The van der Waals surface area contributed by atoms with E-state index in [1.165, 1.54) is 0 Å². The standard InChI is InChI=1S/C22H20O8/c1-22-28-15-14(23)16(29-22)18(27-21(25)13-10-6-3-7-11-13)19(30-22)17(15)26-20(24)12-8-4-2-5-9-12/h2-11,14-19,23H,1H3/t14?,15-,16+,17-,18-,19?,22?/m0/s1. The molecule has 30 heavy (non-hydrogen) atoms. The predicted molar refractivity (Wildman–Crippen MR) is 100 cm³/mol. The zero-order valence-electron chi connectivity index (χ0n) is 16.0. The molecule has 2 aromatic rings. The number of esters is 2. The Bertz CT molecular complexity index is 875. The van der Waals surface area contributed by atoms with E-state index in [9.17, 15) is 14.7 Å². The second-order valence-corrected chi connectivity index (χ2v) is 7.57. The monoisotopic (exact) mass is 412 g/mol. The molecule has 4 aliphatic rings. The molecule has 1 aliphatic carbocycles. The fourth-order valence-corrected chi connectivity index (χ4v) is 4.17. The van der Waals surface area contributed by atoms with Crippen LogP contribution in [-0.2, 0) is 23.7 Å². The van der Waals surface area contributed by atoms with Gasteiger partial charge in [0.05, 0.1) is 11.1 Å². The average molecular weight is 412 g/mol. The SMILES string of the molecule is CC12OC3[C@@H](OC(=O)c4ccccc4)[C@H](O1)C(O)[C@H](O2)[C@@H]3OC(=O)c1ccccc1. The lowest BCUT2D eigenvalue weighted by Crippen LogP contribution is -2.79. The summed E-state index contributed by atoms with van der Waals surface area (Å²) >= 11 is 0. The smallest absolute Gasteiger partial charge is 0.338 e. The van der Waals surface area contributed by atoms with Gasteiger partial charge in [-0.2, -0.15) is 0 Å². The number of ether oxygens (including phenoxy) is 5. The largest absolute Gasteiger partial charge is 0.453 e. The van der Waals surface area contributed by atoms with Crippen LogP contribution in [0.3, 0.4) is 0 Å². The van der Waals surface area contributed by atoms with E-state index in [0.29, 0.717) is 11.1 Å². The third-order valence-electron chi connectivity index (χ3n) is 5.52. The Kier molecular flexibility index (Phi) is 4.59. The topological polar surface area (TPSA) is 101 Å². The third-order valence-corrected chi connectivity index (χ3v) is 5.52. The molecule has 4 bridgehead atoms. The second kappa shape index (κ2) is 7.17. The van der Waals surface area contributed by atoms with Crippen molar-refractivity contribution in [3.63, 3.8) is 0 Å². The summed E-state index contributed by atoms with van der Waals surface area (Å²) in [4.78, 5) is 25.2. The molecule has 0 aromatic heterocycles. The number of aliphatic hydroxyl groups is 1. The molecule has 2 aromatic carbocycles. The Hall–Kier alpha value is -2.78. The number of benzene rings is 2. The first-order valence-electron chi connectivity index (χ1n) is 9.69. The van der Waals surface area contributed by atoms with Crippen LogP contribution in [-0.4, -0.2) is 59.6 Å². The molecule has 3 aliphatic heterocycles. The van der Waals surface area contributed by atoms with Gasteiger partial charge >= 0.3 is 11.9 Å². The highest BCUT2D eigenvalue weighted by Crippen LogP contribution is 2.47. The summed E-state index contributed by atoms with van der Waals surface area (Å²) in [7, 11) is 0. The van der Waals surface area contributed by atoms with Crippen molar-refractivity contribution in [1.29, 1.82) is 0 Å². The molecule has 6 rings (SSSR count). The van der Waals surface area contributed by atoms with E-state index >= 15 is 0 Å². The van der Waals surface area contributed by atoms with Crippen LogP contribution in [0.25, 0.3) is 0 Å². The summed E-state index contributed by atoms with van der Waals surface area (Å²) < 4.78 is 28.5. The number of carbonyl (C=O) groups excluding carboxylic acids is 2. The highest BCUT2D eigenvalue weighted by Gasteiger charge is 2.68. The molecule has 0 amide bonds. The molecule has 3 saturated heterocycles. The van der Waals surface area contributed by atoms with E-state index < -0.39 is 54.5 Å². The van der Waals surface area contributed by atoms with Crippen LogP contribution in [0.5, 0.6) is 0 Å². The Morgan fingerprint density at radius 1 is 0.767 bits per heavy atom. The average Bonchev–Trinajstić information content (AvgIpc) is 2.76. The fraction of sp³-hybridized carbons (Fsp3) is 0.364. The summed E-state index contributed by atoms with van der Waals surface area (Å²) in [6.45, 7) is 1.57. The first-order chi connectivity index (χ1) is 14.5. The number of hydrogen-bond acceptors (Lipinski definition) is 8. The van der Waals surface area contributed by atoms with Crippen molar-refractivity contribution in [3.05, 3.63) is 71.8 Å². The van der Waals surface area contributed by atoms with Gasteiger partial charge < -0.3 is 28.8 Å². The van der Waals surface area contributed by atoms with Crippen molar-refractivity contribution in [1.82, 2.24) is 0 Å². The molecule has 8 nitrogen and oxygen atoms in total. The molecule has 3 heterocycles. The molecule has 7 atom stereocenters.